The van der Waals surface area contributed by atoms with E-state index in [1.807, 2.05) is 0 Å². The lowest BCUT2D eigenvalue weighted by Gasteiger charge is -2.09. The molecule has 1 heterocycles. The summed E-state index contributed by atoms with van der Waals surface area (Å²) in [5.74, 6) is 0.281. The highest BCUT2D eigenvalue weighted by atomic mass is 32.2. The van der Waals surface area contributed by atoms with Crippen molar-refractivity contribution >= 4 is 15.8 Å². The van der Waals surface area contributed by atoms with Crippen LogP contribution in [0.5, 0.6) is 0 Å². The van der Waals surface area contributed by atoms with Crippen molar-refractivity contribution in [3.05, 3.63) is 0 Å². The fourth-order valence-electron chi connectivity index (χ4n) is 1.60. The van der Waals surface area contributed by atoms with Crippen molar-refractivity contribution in [1.82, 2.24) is 5.32 Å². The lowest BCUT2D eigenvalue weighted by molar-refractivity contribution is -0.140. The number of hydrogen-bond donors (Lipinski definition) is 1. The molecule has 0 saturated carbocycles. The van der Waals surface area contributed by atoms with Crippen LogP contribution in [0.25, 0.3) is 0 Å². The highest BCUT2D eigenvalue weighted by molar-refractivity contribution is 7.91. The van der Waals surface area contributed by atoms with Crippen LogP contribution in [0, 0.1) is 0 Å². The molecule has 0 aliphatic carbocycles. The van der Waals surface area contributed by atoms with E-state index < -0.39 is 9.84 Å². The molecule has 1 fully saturated rings. The molecule has 1 aliphatic rings. The van der Waals surface area contributed by atoms with Gasteiger partial charge in [-0.25, -0.2) is 8.42 Å². The summed E-state index contributed by atoms with van der Waals surface area (Å²) in [4.78, 5) is 10.8. The molecule has 5 nitrogen and oxygen atoms in total. The number of nitrogens with one attached hydrogen (secondary N) is 1. The van der Waals surface area contributed by atoms with Crippen LogP contribution in [0.2, 0.25) is 0 Å². The molecule has 0 aromatic rings. The third-order valence-electron chi connectivity index (χ3n) is 2.45. The Morgan fingerprint density at radius 1 is 1.53 bits per heavy atom. The third kappa shape index (κ3) is 4.61. The molecule has 1 atom stereocenters. The number of methoxy groups -OCH3 is 1. The highest BCUT2D eigenvalue weighted by Crippen LogP contribution is 2.11. The number of carbonyl (C=O) groups excluding carboxylic acids is 1. The second-order valence-electron chi connectivity index (χ2n) is 3.73. The Hall–Kier alpha value is -0.620. The van der Waals surface area contributed by atoms with Gasteiger partial charge in [0, 0.05) is 12.5 Å². The quantitative estimate of drug-likeness (QED) is 0.524. The minimum Gasteiger partial charge on any atom is -0.469 e. The minimum absolute atomic E-state index is 0.0626. The smallest absolute Gasteiger partial charge is 0.305 e. The lowest BCUT2D eigenvalue weighted by Crippen LogP contribution is -2.31. The van der Waals surface area contributed by atoms with Gasteiger partial charge in [-0.1, -0.05) is 0 Å². The summed E-state index contributed by atoms with van der Waals surface area (Å²) in [5.41, 5.74) is 0. The van der Waals surface area contributed by atoms with E-state index in [1.165, 1.54) is 7.11 Å². The van der Waals surface area contributed by atoms with Crippen molar-refractivity contribution in [1.29, 1.82) is 0 Å². The second-order valence-corrected chi connectivity index (χ2v) is 5.96. The van der Waals surface area contributed by atoms with Gasteiger partial charge in [0.2, 0.25) is 0 Å². The molecule has 0 aromatic heterocycles. The Kier molecular flexibility index (Phi) is 4.53. The summed E-state index contributed by atoms with van der Waals surface area (Å²) < 4.78 is 26.7. The van der Waals surface area contributed by atoms with Gasteiger partial charge in [0.25, 0.3) is 0 Å². The average Bonchev–Trinajstić information content (AvgIpc) is 2.52. The number of sulfone groups is 1. The van der Waals surface area contributed by atoms with Crippen LogP contribution in [0.3, 0.4) is 0 Å². The monoisotopic (exact) mass is 235 g/mol. The maximum Gasteiger partial charge on any atom is 0.305 e. The number of ether oxygens (including phenoxy) is 1. The fourth-order valence-corrected chi connectivity index (χ4v) is 3.30. The van der Waals surface area contributed by atoms with Crippen molar-refractivity contribution < 1.29 is 17.9 Å². The molecule has 0 aromatic carbocycles. The van der Waals surface area contributed by atoms with Crippen molar-refractivity contribution in [3.8, 4) is 0 Å². The summed E-state index contributed by atoms with van der Waals surface area (Å²) >= 11 is 0. The molecular weight excluding hydrogens is 218 g/mol. The zero-order valence-corrected chi connectivity index (χ0v) is 9.68. The molecular formula is C9H17NO4S. The first-order valence-electron chi connectivity index (χ1n) is 5.04. The van der Waals surface area contributed by atoms with Gasteiger partial charge in [0.05, 0.1) is 18.6 Å². The summed E-state index contributed by atoms with van der Waals surface area (Å²) in [5, 5.41) is 3.13. The van der Waals surface area contributed by atoms with Crippen molar-refractivity contribution in [2.24, 2.45) is 0 Å². The van der Waals surface area contributed by atoms with Crippen LogP contribution >= 0.6 is 0 Å². The second kappa shape index (κ2) is 5.46. The van der Waals surface area contributed by atoms with Crippen molar-refractivity contribution in [3.63, 3.8) is 0 Å². The van der Waals surface area contributed by atoms with Crippen LogP contribution in [0.4, 0.5) is 0 Å². The molecule has 0 amide bonds. The maximum absolute atomic E-state index is 11.1. The predicted molar refractivity (Wildman–Crippen MR) is 56.3 cm³/mol. The lowest BCUT2D eigenvalue weighted by atomic mass is 10.2. The first-order valence-corrected chi connectivity index (χ1v) is 6.86. The Morgan fingerprint density at radius 3 is 2.80 bits per heavy atom. The van der Waals surface area contributed by atoms with E-state index >= 15 is 0 Å². The van der Waals surface area contributed by atoms with Crippen LogP contribution in [-0.2, 0) is 19.4 Å². The van der Waals surface area contributed by atoms with E-state index in [2.05, 4.69) is 10.1 Å². The van der Waals surface area contributed by atoms with Gasteiger partial charge < -0.3 is 10.1 Å². The van der Waals surface area contributed by atoms with Crippen LogP contribution in [0.15, 0.2) is 0 Å². The minimum atomic E-state index is -2.81. The molecule has 88 valence electrons. The van der Waals surface area contributed by atoms with Gasteiger partial charge in [0.1, 0.15) is 0 Å². The topological polar surface area (TPSA) is 72.5 Å². The number of hydrogen-bond acceptors (Lipinski definition) is 5. The summed E-state index contributed by atoms with van der Waals surface area (Å²) in [6.45, 7) is 0.662. The zero-order chi connectivity index (χ0) is 11.3. The Morgan fingerprint density at radius 2 is 2.27 bits per heavy atom. The van der Waals surface area contributed by atoms with Crippen LogP contribution in [0.1, 0.15) is 19.3 Å². The van der Waals surface area contributed by atoms with Gasteiger partial charge in [0.15, 0.2) is 9.84 Å². The summed E-state index contributed by atoms with van der Waals surface area (Å²) in [6, 6.07) is 0.0626. The molecule has 15 heavy (non-hydrogen) atoms. The summed E-state index contributed by atoms with van der Waals surface area (Å²) in [7, 11) is -1.45. The van der Waals surface area contributed by atoms with Crippen LogP contribution in [-0.4, -0.2) is 45.6 Å². The first kappa shape index (κ1) is 12.4. The molecule has 1 aliphatic heterocycles. The predicted octanol–water partition coefficient (Wildman–Crippen LogP) is -0.284. The highest BCUT2D eigenvalue weighted by Gasteiger charge is 2.26. The van der Waals surface area contributed by atoms with E-state index in [1.54, 1.807) is 0 Å². The van der Waals surface area contributed by atoms with Gasteiger partial charge in [-0.3, -0.25) is 4.79 Å². The largest absolute Gasteiger partial charge is 0.469 e. The molecule has 1 saturated heterocycles. The molecule has 0 radical (unpaired) electrons. The van der Waals surface area contributed by atoms with Gasteiger partial charge >= 0.3 is 5.97 Å². The molecule has 0 unspecified atom stereocenters. The van der Waals surface area contributed by atoms with Gasteiger partial charge in [-0.05, 0) is 19.4 Å². The molecule has 1 N–H and O–H groups in total. The molecule has 0 spiro atoms. The van der Waals surface area contributed by atoms with E-state index in [0.717, 1.165) is 0 Å². The van der Waals surface area contributed by atoms with Gasteiger partial charge in [-0.2, -0.15) is 0 Å². The first-order chi connectivity index (χ1) is 7.03. The number of carbonyl (C=O) groups is 1. The van der Waals surface area contributed by atoms with E-state index in [9.17, 15) is 13.2 Å². The summed E-state index contributed by atoms with van der Waals surface area (Å²) in [6.07, 6.45) is 1.74. The Balaban J connectivity index is 2.09. The standard InChI is InChI=1S/C9H17NO4S/c1-14-9(11)3-2-5-10-8-4-6-15(12,13)7-8/h8,10H,2-7H2,1H3/t8-/m1/s1. The van der Waals surface area contributed by atoms with E-state index in [4.69, 9.17) is 0 Å². The fraction of sp³-hybridized carbons (Fsp3) is 0.889. The molecule has 6 heteroatoms. The maximum atomic E-state index is 11.1. The normalized spacial score (nSPS) is 23.9. The SMILES string of the molecule is COC(=O)CCCN[C@@H]1CCS(=O)(=O)C1. The Bertz CT molecular complexity index is 312. The number of rotatable bonds is 5. The molecule has 1 rings (SSSR count). The van der Waals surface area contributed by atoms with Gasteiger partial charge in [-0.15, -0.1) is 0 Å². The van der Waals surface area contributed by atoms with E-state index in [-0.39, 0.29) is 23.5 Å². The van der Waals surface area contributed by atoms with Crippen molar-refractivity contribution in [2.75, 3.05) is 25.2 Å². The van der Waals surface area contributed by atoms with E-state index in [0.29, 0.717) is 25.8 Å². The Labute approximate surface area is 90.1 Å². The average molecular weight is 235 g/mol. The zero-order valence-electron chi connectivity index (χ0n) is 8.86. The number of esters is 1. The van der Waals surface area contributed by atoms with Crippen LogP contribution < -0.4 is 5.32 Å². The third-order valence-corrected chi connectivity index (χ3v) is 4.22. The molecule has 0 bridgehead atoms. The van der Waals surface area contributed by atoms with Crippen molar-refractivity contribution in [2.45, 2.75) is 25.3 Å².